The van der Waals surface area contributed by atoms with Gasteiger partial charge in [-0.1, -0.05) is 32.6 Å². The molecule has 0 amide bonds. The highest BCUT2D eigenvalue weighted by Crippen LogP contribution is 2.08. The van der Waals surface area contributed by atoms with Crippen LogP contribution in [0.4, 0.5) is 0 Å². The highest BCUT2D eigenvalue weighted by atomic mass is 16.2. The van der Waals surface area contributed by atoms with Gasteiger partial charge in [0.05, 0.1) is 0 Å². The number of nitrogens with zero attached hydrogens (tertiary/aromatic N) is 2. The van der Waals surface area contributed by atoms with E-state index in [1.165, 1.54) is 31.5 Å². The molecule has 1 aromatic heterocycles. The van der Waals surface area contributed by atoms with Gasteiger partial charge in [0.2, 0.25) is 0 Å². The largest absolute Gasteiger partial charge is 0.396 e. The Morgan fingerprint density at radius 3 is 2.71 bits per heavy atom. The standard InChI is InChI=1S/C14H26N2O/c1-2-3-4-7-11-16-12-10-15-14(16)9-6-5-8-13-17/h10,12,17H,2-9,11,13H2,1H3. The van der Waals surface area contributed by atoms with Crippen LogP contribution < -0.4 is 0 Å². The minimum atomic E-state index is 0.311. The molecule has 1 N–H and O–H groups in total. The summed E-state index contributed by atoms with van der Waals surface area (Å²) >= 11 is 0. The van der Waals surface area contributed by atoms with Crippen molar-refractivity contribution in [3.8, 4) is 0 Å². The van der Waals surface area contributed by atoms with Crippen molar-refractivity contribution in [2.75, 3.05) is 6.61 Å². The van der Waals surface area contributed by atoms with E-state index >= 15 is 0 Å². The number of aromatic nitrogens is 2. The number of aliphatic hydroxyl groups is 1. The van der Waals surface area contributed by atoms with Crippen molar-refractivity contribution in [2.45, 2.75) is 64.8 Å². The molecule has 0 spiro atoms. The van der Waals surface area contributed by atoms with Gasteiger partial charge in [-0.05, 0) is 19.3 Å². The van der Waals surface area contributed by atoms with Crippen LogP contribution in [0.15, 0.2) is 12.4 Å². The molecule has 98 valence electrons. The monoisotopic (exact) mass is 238 g/mol. The summed E-state index contributed by atoms with van der Waals surface area (Å²) in [6.07, 6.45) is 13.4. The smallest absolute Gasteiger partial charge is 0.108 e. The Bertz CT molecular complexity index is 257. The van der Waals surface area contributed by atoms with Crippen LogP contribution in [-0.4, -0.2) is 21.3 Å². The Hall–Kier alpha value is -0.830. The van der Waals surface area contributed by atoms with Gasteiger partial charge in [-0.15, -0.1) is 0 Å². The van der Waals surface area contributed by atoms with Crippen molar-refractivity contribution in [1.29, 1.82) is 0 Å². The molecule has 0 aliphatic heterocycles. The Balaban J connectivity index is 2.22. The first-order valence-corrected chi connectivity index (χ1v) is 6.99. The lowest BCUT2D eigenvalue weighted by atomic mass is 10.2. The van der Waals surface area contributed by atoms with Crippen LogP contribution >= 0.6 is 0 Å². The predicted octanol–water partition coefficient (Wildman–Crippen LogP) is 3.17. The zero-order chi connectivity index (χ0) is 12.3. The van der Waals surface area contributed by atoms with E-state index in [0.29, 0.717) is 6.61 Å². The molecule has 0 saturated heterocycles. The van der Waals surface area contributed by atoms with E-state index < -0.39 is 0 Å². The first-order valence-electron chi connectivity index (χ1n) is 6.99. The van der Waals surface area contributed by atoms with Crippen molar-refractivity contribution in [2.24, 2.45) is 0 Å². The summed E-state index contributed by atoms with van der Waals surface area (Å²) in [5.41, 5.74) is 0. The summed E-state index contributed by atoms with van der Waals surface area (Å²) in [6.45, 7) is 3.66. The molecule has 0 fully saturated rings. The van der Waals surface area contributed by atoms with E-state index in [4.69, 9.17) is 5.11 Å². The summed E-state index contributed by atoms with van der Waals surface area (Å²) in [5.74, 6) is 1.21. The fourth-order valence-corrected chi connectivity index (χ4v) is 2.05. The van der Waals surface area contributed by atoms with E-state index in [9.17, 15) is 0 Å². The highest BCUT2D eigenvalue weighted by Gasteiger charge is 2.02. The molecule has 0 atom stereocenters. The molecule has 0 unspecified atom stereocenters. The van der Waals surface area contributed by atoms with Crippen molar-refractivity contribution in [1.82, 2.24) is 9.55 Å². The molecular weight excluding hydrogens is 212 g/mol. The average Bonchev–Trinajstić information content (AvgIpc) is 2.78. The van der Waals surface area contributed by atoms with Crippen molar-refractivity contribution >= 4 is 0 Å². The normalized spacial score (nSPS) is 10.9. The van der Waals surface area contributed by atoms with Crippen LogP contribution in [0.1, 0.15) is 57.7 Å². The maximum Gasteiger partial charge on any atom is 0.108 e. The molecular formula is C14H26N2O. The van der Waals surface area contributed by atoms with Gasteiger partial charge in [0.25, 0.3) is 0 Å². The minimum Gasteiger partial charge on any atom is -0.396 e. The molecule has 1 aromatic rings. The maximum atomic E-state index is 8.72. The summed E-state index contributed by atoms with van der Waals surface area (Å²) in [5, 5.41) is 8.72. The van der Waals surface area contributed by atoms with Gasteiger partial charge >= 0.3 is 0 Å². The molecule has 3 heteroatoms. The third-order valence-corrected chi connectivity index (χ3v) is 3.11. The van der Waals surface area contributed by atoms with Crippen molar-refractivity contribution in [3.05, 3.63) is 18.2 Å². The second-order valence-electron chi connectivity index (χ2n) is 4.63. The molecule has 3 nitrogen and oxygen atoms in total. The van der Waals surface area contributed by atoms with Crippen LogP contribution in [0.5, 0.6) is 0 Å². The first-order chi connectivity index (χ1) is 8.38. The number of unbranched alkanes of at least 4 members (excludes halogenated alkanes) is 5. The Morgan fingerprint density at radius 1 is 1.12 bits per heavy atom. The summed E-state index contributed by atoms with van der Waals surface area (Å²) in [4.78, 5) is 4.41. The van der Waals surface area contributed by atoms with Gasteiger partial charge in [0, 0.05) is 32.0 Å². The Kier molecular flexibility index (Phi) is 7.72. The summed E-state index contributed by atoms with van der Waals surface area (Å²) in [6, 6.07) is 0. The van der Waals surface area contributed by atoms with E-state index in [1.54, 1.807) is 0 Å². The summed E-state index contributed by atoms with van der Waals surface area (Å²) < 4.78 is 2.29. The van der Waals surface area contributed by atoms with Gasteiger partial charge in [0.15, 0.2) is 0 Å². The van der Waals surface area contributed by atoms with Crippen LogP contribution in [0.2, 0.25) is 0 Å². The molecule has 0 radical (unpaired) electrons. The lowest BCUT2D eigenvalue weighted by molar-refractivity contribution is 0.283. The maximum absolute atomic E-state index is 8.72. The van der Waals surface area contributed by atoms with Crippen LogP contribution in [0, 0.1) is 0 Å². The molecule has 1 heterocycles. The zero-order valence-electron chi connectivity index (χ0n) is 11.1. The number of aryl methyl sites for hydroxylation is 2. The summed E-state index contributed by atoms with van der Waals surface area (Å²) in [7, 11) is 0. The molecule has 0 aliphatic rings. The second-order valence-corrected chi connectivity index (χ2v) is 4.63. The van der Waals surface area contributed by atoms with E-state index in [2.05, 4.69) is 22.7 Å². The fraction of sp³-hybridized carbons (Fsp3) is 0.786. The third-order valence-electron chi connectivity index (χ3n) is 3.11. The van der Waals surface area contributed by atoms with Gasteiger partial charge < -0.3 is 9.67 Å². The van der Waals surface area contributed by atoms with Crippen molar-refractivity contribution < 1.29 is 5.11 Å². The third kappa shape index (κ3) is 5.87. The zero-order valence-corrected chi connectivity index (χ0v) is 11.1. The fourth-order valence-electron chi connectivity index (χ4n) is 2.05. The molecule has 0 saturated carbocycles. The second kappa shape index (κ2) is 9.23. The molecule has 0 aliphatic carbocycles. The Morgan fingerprint density at radius 2 is 1.94 bits per heavy atom. The van der Waals surface area contributed by atoms with Crippen LogP contribution in [0.25, 0.3) is 0 Å². The number of rotatable bonds is 10. The lowest BCUT2D eigenvalue weighted by Crippen LogP contribution is -2.03. The number of hydrogen-bond donors (Lipinski definition) is 1. The Labute approximate surface area is 105 Å². The SMILES string of the molecule is CCCCCCn1ccnc1CCCCCO. The molecule has 0 bridgehead atoms. The topological polar surface area (TPSA) is 38.0 Å². The van der Waals surface area contributed by atoms with Gasteiger partial charge in [0.1, 0.15) is 5.82 Å². The van der Waals surface area contributed by atoms with E-state index in [0.717, 1.165) is 32.2 Å². The minimum absolute atomic E-state index is 0.311. The lowest BCUT2D eigenvalue weighted by Gasteiger charge is -2.07. The van der Waals surface area contributed by atoms with Gasteiger partial charge in [-0.25, -0.2) is 4.98 Å². The molecule has 1 rings (SSSR count). The van der Waals surface area contributed by atoms with Gasteiger partial charge in [-0.3, -0.25) is 0 Å². The van der Waals surface area contributed by atoms with E-state index in [1.807, 2.05) is 6.20 Å². The number of imidazole rings is 1. The first kappa shape index (κ1) is 14.2. The number of hydrogen-bond acceptors (Lipinski definition) is 2. The molecule has 17 heavy (non-hydrogen) atoms. The number of aliphatic hydroxyl groups excluding tert-OH is 1. The highest BCUT2D eigenvalue weighted by molar-refractivity contribution is 4.92. The van der Waals surface area contributed by atoms with Crippen molar-refractivity contribution in [3.63, 3.8) is 0 Å². The van der Waals surface area contributed by atoms with Crippen LogP contribution in [0.3, 0.4) is 0 Å². The molecule has 0 aromatic carbocycles. The van der Waals surface area contributed by atoms with Crippen LogP contribution in [-0.2, 0) is 13.0 Å². The predicted molar refractivity (Wildman–Crippen MR) is 71.0 cm³/mol. The quantitative estimate of drug-likeness (QED) is 0.636. The average molecular weight is 238 g/mol. The van der Waals surface area contributed by atoms with Gasteiger partial charge in [-0.2, -0.15) is 0 Å². The van der Waals surface area contributed by atoms with E-state index in [-0.39, 0.29) is 0 Å².